The molecule has 2 fully saturated rings. The molecular formula is C21H27NO3. The van der Waals surface area contributed by atoms with Gasteiger partial charge in [-0.05, 0) is 69.4 Å². The Morgan fingerprint density at radius 1 is 1.12 bits per heavy atom. The summed E-state index contributed by atoms with van der Waals surface area (Å²) in [4.78, 5) is 11.9. The van der Waals surface area contributed by atoms with Gasteiger partial charge in [0.2, 0.25) is 0 Å². The molecule has 0 amide bonds. The molecule has 134 valence electrons. The van der Waals surface area contributed by atoms with Crippen LogP contribution in [0, 0.1) is 11.8 Å². The normalized spacial score (nSPS) is 28.4. The fourth-order valence-electron chi connectivity index (χ4n) is 4.64. The number of hydrogen-bond acceptors (Lipinski definition) is 4. The molecule has 25 heavy (non-hydrogen) atoms. The minimum Gasteiger partial charge on any atom is -0.493 e. The van der Waals surface area contributed by atoms with Gasteiger partial charge in [0.05, 0.1) is 7.11 Å². The molecule has 4 heteroatoms. The average molecular weight is 341 g/mol. The molecule has 1 aromatic rings. The third-order valence-electron chi connectivity index (χ3n) is 6.11. The lowest BCUT2D eigenvalue weighted by atomic mass is 9.96. The Bertz CT molecular complexity index is 709. The van der Waals surface area contributed by atoms with E-state index < -0.39 is 0 Å². The molecule has 2 bridgehead atoms. The Balaban J connectivity index is 1.54. The first-order chi connectivity index (χ1) is 12.1. The Morgan fingerprint density at radius 2 is 2.00 bits per heavy atom. The molecule has 3 aliphatic rings. The summed E-state index contributed by atoms with van der Waals surface area (Å²) in [6, 6.07) is 5.96. The van der Waals surface area contributed by atoms with Crippen molar-refractivity contribution in [3.05, 3.63) is 29.5 Å². The molecule has 0 heterocycles. The zero-order chi connectivity index (χ0) is 17.4. The Labute approximate surface area is 149 Å². The molecule has 0 saturated heterocycles. The van der Waals surface area contributed by atoms with Gasteiger partial charge in [-0.1, -0.05) is 0 Å². The van der Waals surface area contributed by atoms with E-state index in [-0.39, 0.29) is 5.78 Å². The standard InChI is InChI=1S/C21H27NO3/c1-13-17(4-3-5-18(13)23)22-16-8-9-19(24-2)21(12-16)25-20-11-14-6-7-15(20)10-14/h8-9,12,14-15,20,22H,3-7,10-11H2,1-2H3/t14-,15+,20+/m0/s1. The molecule has 2 saturated carbocycles. The van der Waals surface area contributed by atoms with Crippen LogP contribution in [0.1, 0.15) is 51.9 Å². The highest BCUT2D eigenvalue weighted by molar-refractivity contribution is 5.96. The minimum absolute atomic E-state index is 0.251. The first kappa shape index (κ1) is 16.5. The third kappa shape index (κ3) is 3.26. The van der Waals surface area contributed by atoms with E-state index in [2.05, 4.69) is 5.32 Å². The van der Waals surface area contributed by atoms with Gasteiger partial charge in [0, 0.05) is 29.4 Å². The number of ketones is 1. The molecule has 1 aromatic carbocycles. The van der Waals surface area contributed by atoms with Gasteiger partial charge in [0.15, 0.2) is 17.3 Å². The van der Waals surface area contributed by atoms with Gasteiger partial charge >= 0.3 is 0 Å². The quantitative estimate of drug-likeness (QED) is 0.843. The van der Waals surface area contributed by atoms with Crippen LogP contribution in [0.4, 0.5) is 5.69 Å². The summed E-state index contributed by atoms with van der Waals surface area (Å²) in [5, 5.41) is 3.43. The molecule has 1 N–H and O–H groups in total. The Morgan fingerprint density at radius 3 is 2.72 bits per heavy atom. The number of benzene rings is 1. The highest BCUT2D eigenvalue weighted by atomic mass is 16.5. The first-order valence-corrected chi connectivity index (χ1v) is 9.48. The molecule has 0 spiro atoms. The molecule has 0 unspecified atom stereocenters. The number of hydrogen-bond donors (Lipinski definition) is 1. The topological polar surface area (TPSA) is 47.6 Å². The van der Waals surface area contributed by atoms with Crippen molar-refractivity contribution in [2.45, 2.75) is 58.0 Å². The van der Waals surface area contributed by atoms with Gasteiger partial charge < -0.3 is 14.8 Å². The highest BCUT2D eigenvalue weighted by Crippen LogP contribution is 2.47. The number of Topliss-reactive ketones (excluding diaryl/α,β-unsaturated/α-hetero) is 1. The second-order valence-electron chi connectivity index (χ2n) is 7.70. The molecule has 0 radical (unpaired) electrons. The van der Waals surface area contributed by atoms with E-state index in [1.54, 1.807) is 7.11 Å². The maximum atomic E-state index is 11.9. The summed E-state index contributed by atoms with van der Waals surface area (Å²) >= 11 is 0. The van der Waals surface area contributed by atoms with Crippen LogP contribution in [0.5, 0.6) is 11.5 Å². The maximum absolute atomic E-state index is 11.9. The van der Waals surface area contributed by atoms with Crippen molar-refractivity contribution in [3.8, 4) is 11.5 Å². The number of fused-ring (bicyclic) bond motifs is 2. The van der Waals surface area contributed by atoms with Gasteiger partial charge in [-0.2, -0.15) is 0 Å². The number of ether oxygens (including phenoxy) is 2. The van der Waals surface area contributed by atoms with Gasteiger partial charge in [0.25, 0.3) is 0 Å². The predicted octanol–water partition coefficient (Wildman–Crippen LogP) is 4.70. The number of nitrogens with one attached hydrogen (secondary N) is 1. The van der Waals surface area contributed by atoms with Crippen LogP contribution in [0.3, 0.4) is 0 Å². The van der Waals surface area contributed by atoms with Crippen LogP contribution in [0.15, 0.2) is 29.5 Å². The third-order valence-corrected chi connectivity index (χ3v) is 6.11. The number of allylic oxidation sites excluding steroid dienone is 2. The Hall–Kier alpha value is -1.97. The summed E-state index contributed by atoms with van der Waals surface area (Å²) in [6.45, 7) is 1.92. The fourth-order valence-corrected chi connectivity index (χ4v) is 4.64. The highest BCUT2D eigenvalue weighted by Gasteiger charge is 2.41. The van der Waals surface area contributed by atoms with Crippen LogP contribution in [-0.2, 0) is 4.79 Å². The summed E-state index contributed by atoms with van der Waals surface area (Å²) in [7, 11) is 1.68. The Kier molecular flexibility index (Phi) is 4.45. The van der Waals surface area contributed by atoms with E-state index in [9.17, 15) is 4.79 Å². The molecule has 3 aliphatic carbocycles. The average Bonchev–Trinajstić information content (AvgIpc) is 3.22. The fraction of sp³-hybridized carbons (Fsp3) is 0.571. The molecule has 3 atom stereocenters. The minimum atomic E-state index is 0.251. The number of rotatable bonds is 5. The van der Waals surface area contributed by atoms with Gasteiger partial charge in [-0.15, -0.1) is 0 Å². The summed E-state index contributed by atoms with van der Waals surface area (Å²) < 4.78 is 11.9. The van der Waals surface area contributed by atoms with Crippen LogP contribution in [0.2, 0.25) is 0 Å². The number of anilines is 1. The zero-order valence-corrected chi connectivity index (χ0v) is 15.1. The second kappa shape index (κ2) is 6.74. The monoisotopic (exact) mass is 341 g/mol. The summed E-state index contributed by atoms with van der Waals surface area (Å²) in [5.74, 6) is 3.39. The lowest BCUT2D eigenvalue weighted by molar-refractivity contribution is -0.116. The van der Waals surface area contributed by atoms with Crippen LogP contribution in [0.25, 0.3) is 0 Å². The lowest BCUT2D eigenvalue weighted by Crippen LogP contribution is -2.23. The van der Waals surface area contributed by atoms with Crippen molar-refractivity contribution in [1.82, 2.24) is 0 Å². The van der Waals surface area contributed by atoms with Crippen LogP contribution >= 0.6 is 0 Å². The van der Waals surface area contributed by atoms with Crippen molar-refractivity contribution < 1.29 is 14.3 Å². The first-order valence-electron chi connectivity index (χ1n) is 9.48. The SMILES string of the molecule is COc1ccc(NC2=C(C)C(=O)CCC2)cc1O[C@@H]1C[C@H]2CC[C@@H]1C2. The van der Waals surface area contributed by atoms with E-state index in [1.165, 1.54) is 25.7 Å². The van der Waals surface area contributed by atoms with Crippen molar-refractivity contribution in [2.24, 2.45) is 11.8 Å². The van der Waals surface area contributed by atoms with E-state index >= 15 is 0 Å². The molecular weight excluding hydrogens is 314 g/mol. The van der Waals surface area contributed by atoms with Crippen molar-refractivity contribution in [3.63, 3.8) is 0 Å². The second-order valence-corrected chi connectivity index (χ2v) is 7.70. The molecule has 4 rings (SSSR count). The number of carbonyl (C=O) groups excluding carboxylic acids is 1. The van der Waals surface area contributed by atoms with Gasteiger partial charge in [-0.25, -0.2) is 0 Å². The molecule has 0 aliphatic heterocycles. The largest absolute Gasteiger partial charge is 0.493 e. The zero-order valence-electron chi connectivity index (χ0n) is 15.1. The summed E-state index contributed by atoms with van der Waals surface area (Å²) in [5.41, 5.74) is 2.85. The van der Waals surface area contributed by atoms with Crippen molar-refractivity contribution in [1.29, 1.82) is 0 Å². The number of carbonyl (C=O) groups is 1. The maximum Gasteiger partial charge on any atom is 0.163 e. The van der Waals surface area contributed by atoms with Gasteiger partial charge in [0.1, 0.15) is 6.10 Å². The lowest BCUT2D eigenvalue weighted by Gasteiger charge is -2.25. The molecule has 4 nitrogen and oxygen atoms in total. The van der Waals surface area contributed by atoms with Crippen LogP contribution < -0.4 is 14.8 Å². The van der Waals surface area contributed by atoms with E-state index in [0.29, 0.717) is 18.4 Å². The van der Waals surface area contributed by atoms with Crippen molar-refractivity contribution >= 4 is 11.5 Å². The summed E-state index contributed by atoms with van der Waals surface area (Å²) in [6.07, 6.45) is 7.98. The van der Waals surface area contributed by atoms with E-state index in [0.717, 1.165) is 47.2 Å². The van der Waals surface area contributed by atoms with Gasteiger partial charge in [-0.3, -0.25) is 4.79 Å². The molecule has 0 aromatic heterocycles. The van der Waals surface area contributed by atoms with Crippen molar-refractivity contribution in [2.75, 3.05) is 12.4 Å². The predicted molar refractivity (Wildman–Crippen MR) is 98.0 cm³/mol. The van der Waals surface area contributed by atoms with Crippen LogP contribution in [-0.4, -0.2) is 19.0 Å². The number of methoxy groups -OCH3 is 1. The smallest absolute Gasteiger partial charge is 0.163 e. The van der Waals surface area contributed by atoms with E-state index in [1.807, 2.05) is 25.1 Å². The van der Waals surface area contributed by atoms with E-state index in [4.69, 9.17) is 9.47 Å².